The van der Waals surface area contributed by atoms with E-state index in [4.69, 9.17) is 0 Å². The Hall–Kier alpha value is -1.58. The van der Waals surface area contributed by atoms with E-state index in [2.05, 4.69) is 17.2 Å². The third kappa shape index (κ3) is 9.63. The molecule has 0 aromatic heterocycles. The fourth-order valence-corrected chi connectivity index (χ4v) is 1.07. The number of hydrogen-bond donors (Lipinski definition) is 2. The highest BCUT2D eigenvalue weighted by molar-refractivity contribution is 5.97. The Bertz CT molecular complexity index is 312. The van der Waals surface area contributed by atoms with Gasteiger partial charge in [-0.1, -0.05) is 32.6 Å². The first kappa shape index (κ1) is 18.8. The summed E-state index contributed by atoms with van der Waals surface area (Å²) in [7, 11) is 0. The van der Waals surface area contributed by atoms with Crippen molar-refractivity contribution >= 4 is 11.8 Å². The van der Waals surface area contributed by atoms with Crippen molar-refractivity contribution in [3.8, 4) is 0 Å². The maximum Gasteiger partial charge on any atom is 0.251 e. The van der Waals surface area contributed by atoms with E-state index in [0.717, 1.165) is 0 Å². The van der Waals surface area contributed by atoms with Gasteiger partial charge in [-0.2, -0.15) is 0 Å². The van der Waals surface area contributed by atoms with Gasteiger partial charge < -0.3 is 10.6 Å². The summed E-state index contributed by atoms with van der Waals surface area (Å²) in [6.45, 7) is 14.9. The van der Waals surface area contributed by atoms with Crippen molar-refractivity contribution in [1.82, 2.24) is 10.6 Å². The van der Waals surface area contributed by atoms with Crippen LogP contribution in [0, 0.1) is 0 Å². The maximum atomic E-state index is 11.4. The second-order valence-corrected chi connectivity index (χ2v) is 4.43. The Morgan fingerprint density at radius 2 is 1.72 bits per heavy atom. The summed E-state index contributed by atoms with van der Waals surface area (Å²) in [4.78, 5) is 22.8. The first-order chi connectivity index (χ1) is 8.30. The average Bonchev–Trinajstić information content (AvgIpc) is 2.28. The molecule has 104 valence electrons. The second-order valence-electron chi connectivity index (χ2n) is 4.43. The van der Waals surface area contributed by atoms with E-state index in [1.165, 1.54) is 6.08 Å². The Kier molecular flexibility index (Phi) is 9.86. The number of nitrogens with one attached hydrogen (secondary N) is 2. The van der Waals surface area contributed by atoms with Gasteiger partial charge in [0.25, 0.3) is 5.91 Å². The summed E-state index contributed by atoms with van der Waals surface area (Å²) >= 11 is 0. The van der Waals surface area contributed by atoms with Crippen LogP contribution in [-0.4, -0.2) is 23.9 Å². The van der Waals surface area contributed by atoms with Crippen molar-refractivity contribution in [1.29, 1.82) is 0 Å². The molecule has 0 aliphatic rings. The van der Waals surface area contributed by atoms with Gasteiger partial charge in [-0.3, -0.25) is 9.59 Å². The summed E-state index contributed by atoms with van der Waals surface area (Å²) in [5, 5.41) is 5.27. The van der Waals surface area contributed by atoms with E-state index in [0.29, 0.717) is 5.57 Å². The van der Waals surface area contributed by atoms with Gasteiger partial charge in [0.05, 0.1) is 6.54 Å². The molecule has 0 saturated carbocycles. The molecule has 2 amide bonds. The first-order valence-electron chi connectivity index (χ1n) is 6.18. The van der Waals surface area contributed by atoms with Crippen molar-refractivity contribution in [3.05, 3.63) is 24.3 Å². The van der Waals surface area contributed by atoms with E-state index in [9.17, 15) is 9.59 Å². The third-order valence-corrected chi connectivity index (χ3v) is 1.72. The summed E-state index contributed by atoms with van der Waals surface area (Å²) in [6, 6.07) is 0. The topological polar surface area (TPSA) is 58.2 Å². The molecule has 0 aliphatic heterocycles. The minimum atomic E-state index is -0.290. The van der Waals surface area contributed by atoms with Crippen molar-refractivity contribution in [2.45, 2.75) is 47.1 Å². The zero-order valence-electron chi connectivity index (χ0n) is 12.4. The highest BCUT2D eigenvalue weighted by atomic mass is 16.2. The number of carbonyl (C=O) groups is 2. The Morgan fingerprint density at radius 3 is 2.06 bits per heavy atom. The van der Waals surface area contributed by atoms with Gasteiger partial charge in [0.2, 0.25) is 5.91 Å². The molecule has 0 bridgehead atoms. The van der Waals surface area contributed by atoms with Crippen molar-refractivity contribution in [3.63, 3.8) is 0 Å². The van der Waals surface area contributed by atoms with Crippen molar-refractivity contribution in [2.24, 2.45) is 0 Å². The lowest BCUT2D eigenvalue weighted by molar-refractivity contribution is -0.125. The highest BCUT2D eigenvalue weighted by Crippen LogP contribution is 1.98. The molecule has 0 aliphatic carbocycles. The van der Waals surface area contributed by atoms with Crippen LogP contribution in [0.2, 0.25) is 0 Å². The van der Waals surface area contributed by atoms with Crippen LogP contribution in [-0.2, 0) is 9.59 Å². The predicted molar refractivity (Wildman–Crippen MR) is 76.2 cm³/mol. The van der Waals surface area contributed by atoms with Crippen LogP contribution in [0.1, 0.15) is 41.5 Å². The van der Waals surface area contributed by atoms with Crippen LogP contribution < -0.4 is 10.6 Å². The van der Waals surface area contributed by atoms with Crippen molar-refractivity contribution in [2.75, 3.05) is 6.54 Å². The average molecular weight is 254 g/mol. The lowest BCUT2D eigenvalue weighted by Gasteiger charge is -2.20. The molecule has 0 rings (SSSR count). The fraction of sp³-hybridized carbons (Fsp3) is 0.571. The fourth-order valence-electron chi connectivity index (χ4n) is 1.07. The molecule has 0 radical (unpaired) electrons. The maximum absolute atomic E-state index is 11.4. The van der Waals surface area contributed by atoms with Gasteiger partial charge in [-0.25, -0.2) is 0 Å². The van der Waals surface area contributed by atoms with E-state index in [1.54, 1.807) is 13.0 Å². The predicted octanol–water partition coefficient (Wildman–Crippen LogP) is 2.18. The van der Waals surface area contributed by atoms with Gasteiger partial charge in [-0.05, 0) is 27.7 Å². The van der Waals surface area contributed by atoms with E-state index < -0.39 is 0 Å². The molecule has 0 aromatic rings. The highest BCUT2D eigenvalue weighted by Gasteiger charge is 2.14. The number of allylic oxidation sites excluding steroid dienone is 1. The number of amides is 2. The molecule has 0 spiro atoms. The quantitative estimate of drug-likeness (QED) is 0.597. The van der Waals surface area contributed by atoms with Gasteiger partial charge in [0.15, 0.2) is 0 Å². The smallest absolute Gasteiger partial charge is 0.251 e. The molecule has 0 fully saturated rings. The standard InChI is InChI=1S/C12H20N2O2.C2H6/c1-6-9(7-2)11(16)13-8-10(15)14-12(3,4)5;1-2/h6-7H,1,8H2,2-5H3,(H,13,16)(H,14,15);1-2H3/b9-7+;. The Labute approximate surface area is 111 Å². The normalized spacial score (nSPS) is 10.9. The van der Waals surface area contributed by atoms with E-state index in [-0.39, 0.29) is 23.9 Å². The zero-order chi connectivity index (χ0) is 14.8. The number of carbonyl (C=O) groups excluding carboxylic acids is 2. The zero-order valence-corrected chi connectivity index (χ0v) is 12.4. The lowest BCUT2D eigenvalue weighted by Crippen LogP contribution is -2.46. The molecule has 0 unspecified atom stereocenters. The summed E-state index contributed by atoms with van der Waals surface area (Å²) in [5.41, 5.74) is 0.174. The summed E-state index contributed by atoms with van der Waals surface area (Å²) in [6.07, 6.45) is 3.10. The van der Waals surface area contributed by atoms with Crippen LogP contribution in [0.15, 0.2) is 24.3 Å². The molecule has 0 heterocycles. The van der Waals surface area contributed by atoms with Crippen LogP contribution >= 0.6 is 0 Å². The van der Waals surface area contributed by atoms with Crippen molar-refractivity contribution < 1.29 is 9.59 Å². The molecule has 2 N–H and O–H groups in total. The minimum absolute atomic E-state index is 0.0265. The van der Waals surface area contributed by atoms with Gasteiger partial charge in [0, 0.05) is 11.1 Å². The monoisotopic (exact) mass is 254 g/mol. The molecule has 0 aromatic carbocycles. The van der Waals surface area contributed by atoms with Crippen LogP contribution in [0.25, 0.3) is 0 Å². The van der Waals surface area contributed by atoms with Gasteiger partial charge >= 0.3 is 0 Å². The SMILES string of the molecule is C=C/C(=C\C)C(=O)NCC(=O)NC(C)(C)C.CC. The van der Waals surface area contributed by atoms with E-state index in [1.807, 2.05) is 34.6 Å². The molecular weight excluding hydrogens is 228 g/mol. The number of hydrogen-bond acceptors (Lipinski definition) is 2. The molecule has 0 saturated heterocycles. The molecule has 4 heteroatoms. The molecule has 0 atom stereocenters. The van der Waals surface area contributed by atoms with Gasteiger partial charge in [-0.15, -0.1) is 0 Å². The Balaban J connectivity index is 0. The first-order valence-corrected chi connectivity index (χ1v) is 6.18. The van der Waals surface area contributed by atoms with Crippen LogP contribution in [0.4, 0.5) is 0 Å². The van der Waals surface area contributed by atoms with Crippen LogP contribution in [0.3, 0.4) is 0 Å². The number of rotatable bonds is 4. The molecular formula is C14H26N2O2. The second kappa shape index (κ2) is 9.45. The largest absolute Gasteiger partial charge is 0.350 e. The Morgan fingerprint density at radius 1 is 1.22 bits per heavy atom. The summed E-state index contributed by atoms with van der Waals surface area (Å²) in [5.74, 6) is -0.498. The molecule has 18 heavy (non-hydrogen) atoms. The van der Waals surface area contributed by atoms with E-state index >= 15 is 0 Å². The molecule has 4 nitrogen and oxygen atoms in total. The van der Waals surface area contributed by atoms with Gasteiger partial charge in [0.1, 0.15) is 0 Å². The third-order valence-electron chi connectivity index (χ3n) is 1.72. The minimum Gasteiger partial charge on any atom is -0.350 e. The summed E-state index contributed by atoms with van der Waals surface area (Å²) < 4.78 is 0. The lowest BCUT2D eigenvalue weighted by atomic mass is 10.1. The van der Waals surface area contributed by atoms with Crippen LogP contribution in [0.5, 0.6) is 0 Å².